The zero-order chi connectivity index (χ0) is 15.0. The van der Waals surface area contributed by atoms with Crippen molar-refractivity contribution in [3.05, 3.63) is 23.2 Å². The van der Waals surface area contributed by atoms with Gasteiger partial charge in [0.05, 0.1) is 5.02 Å². The smallest absolute Gasteiger partial charge is 0.274 e. The summed E-state index contributed by atoms with van der Waals surface area (Å²) in [6.45, 7) is 6.03. The molecule has 1 aromatic heterocycles. The normalized spacial score (nSPS) is 26.2. The fraction of sp³-hybridized carbons (Fsp3) is 0.667. The van der Waals surface area contributed by atoms with Crippen molar-refractivity contribution in [1.29, 1.82) is 0 Å². The van der Waals surface area contributed by atoms with Crippen LogP contribution in [0, 0.1) is 0 Å². The highest BCUT2D eigenvalue weighted by atomic mass is 35.5. The summed E-state index contributed by atoms with van der Waals surface area (Å²) in [6.07, 6.45) is 6.31. The monoisotopic (exact) mass is 308 g/mol. The van der Waals surface area contributed by atoms with Gasteiger partial charge in [-0.05, 0) is 33.1 Å². The van der Waals surface area contributed by atoms with Gasteiger partial charge in [-0.2, -0.15) is 0 Å². The zero-order valence-electron chi connectivity index (χ0n) is 12.5. The molecule has 1 aromatic rings. The fourth-order valence-electron chi connectivity index (χ4n) is 3.76. The lowest BCUT2D eigenvalue weighted by molar-refractivity contribution is 0.0722. The van der Waals surface area contributed by atoms with Gasteiger partial charge in [0, 0.05) is 37.4 Å². The van der Waals surface area contributed by atoms with E-state index < -0.39 is 0 Å². The minimum Gasteiger partial charge on any atom is -0.336 e. The van der Waals surface area contributed by atoms with Crippen LogP contribution in [0.1, 0.15) is 43.6 Å². The maximum atomic E-state index is 12.7. The number of likely N-dealkylation sites (tertiary alicyclic amines) is 1. The van der Waals surface area contributed by atoms with Gasteiger partial charge in [0.1, 0.15) is 12.0 Å². The van der Waals surface area contributed by atoms with Gasteiger partial charge in [-0.1, -0.05) is 11.6 Å². The molecular formula is C15H21ClN4O. The SMILES string of the molecule is CC(C)N1[C@H]2CC[C@H]1CN(C(=O)c1ncncc1Cl)CC2. The Morgan fingerprint density at radius 2 is 2.10 bits per heavy atom. The highest BCUT2D eigenvalue weighted by Crippen LogP contribution is 2.32. The van der Waals surface area contributed by atoms with Crippen molar-refractivity contribution >= 4 is 17.5 Å². The van der Waals surface area contributed by atoms with Crippen molar-refractivity contribution in [2.24, 2.45) is 0 Å². The van der Waals surface area contributed by atoms with Crippen LogP contribution in [0.25, 0.3) is 0 Å². The van der Waals surface area contributed by atoms with Crippen LogP contribution in [-0.4, -0.2) is 56.9 Å². The van der Waals surface area contributed by atoms with Crippen molar-refractivity contribution in [3.8, 4) is 0 Å². The summed E-state index contributed by atoms with van der Waals surface area (Å²) in [7, 11) is 0. The summed E-state index contributed by atoms with van der Waals surface area (Å²) in [5, 5.41) is 0.331. The first kappa shape index (κ1) is 14.7. The lowest BCUT2D eigenvalue weighted by atomic mass is 10.1. The molecule has 2 bridgehead atoms. The molecule has 0 radical (unpaired) electrons. The number of hydrogen-bond donors (Lipinski definition) is 0. The summed E-state index contributed by atoms with van der Waals surface area (Å²) < 4.78 is 0. The molecule has 1 amide bonds. The van der Waals surface area contributed by atoms with Gasteiger partial charge in [-0.25, -0.2) is 9.97 Å². The standard InChI is InChI=1S/C15H21ClN4O/c1-10(2)20-11-3-4-12(20)8-19(6-5-11)15(21)14-13(16)7-17-9-18-14/h7,9-12H,3-6,8H2,1-2H3/t11-,12-/m0/s1. The number of carbonyl (C=O) groups is 1. The molecule has 0 saturated carbocycles. The predicted octanol–water partition coefficient (Wildman–Crippen LogP) is 2.22. The maximum Gasteiger partial charge on any atom is 0.274 e. The van der Waals surface area contributed by atoms with Crippen LogP contribution in [0.15, 0.2) is 12.5 Å². The summed E-state index contributed by atoms with van der Waals surface area (Å²) in [6, 6.07) is 1.59. The predicted molar refractivity (Wildman–Crippen MR) is 81.3 cm³/mol. The minimum atomic E-state index is -0.0707. The summed E-state index contributed by atoms with van der Waals surface area (Å²) in [5.41, 5.74) is 0.320. The first-order chi connectivity index (χ1) is 10.1. The molecule has 2 atom stereocenters. The Bertz CT molecular complexity index is 536. The van der Waals surface area contributed by atoms with E-state index in [9.17, 15) is 4.79 Å². The first-order valence-electron chi connectivity index (χ1n) is 7.60. The number of rotatable bonds is 2. The second kappa shape index (κ2) is 5.89. The van der Waals surface area contributed by atoms with Gasteiger partial charge in [0.15, 0.2) is 0 Å². The molecular weight excluding hydrogens is 288 g/mol. The molecule has 2 fully saturated rings. The van der Waals surface area contributed by atoms with E-state index in [0.29, 0.717) is 28.8 Å². The van der Waals surface area contributed by atoms with Gasteiger partial charge >= 0.3 is 0 Å². The largest absolute Gasteiger partial charge is 0.336 e. The molecule has 3 rings (SSSR count). The average Bonchev–Trinajstić information content (AvgIpc) is 2.73. The summed E-state index contributed by atoms with van der Waals surface area (Å²) >= 11 is 6.05. The van der Waals surface area contributed by atoms with E-state index in [1.165, 1.54) is 25.4 Å². The Balaban J connectivity index is 1.79. The van der Waals surface area contributed by atoms with Crippen LogP contribution >= 0.6 is 11.6 Å². The van der Waals surface area contributed by atoms with E-state index in [-0.39, 0.29) is 5.91 Å². The van der Waals surface area contributed by atoms with Crippen LogP contribution in [-0.2, 0) is 0 Å². The van der Waals surface area contributed by atoms with Crippen molar-refractivity contribution < 1.29 is 4.79 Å². The molecule has 0 aliphatic carbocycles. The molecule has 5 nitrogen and oxygen atoms in total. The van der Waals surface area contributed by atoms with E-state index in [0.717, 1.165) is 19.5 Å². The highest BCUT2D eigenvalue weighted by Gasteiger charge is 2.39. The molecule has 6 heteroatoms. The molecule has 3 heterocycles. The molecule has 21 heavy (non-hydrogen) atoms. The maximum absolute atomic E-state index is 12.7. The molecule has 0 N–H and O–H groups in total. The second-order valence-corrected chi connectivity index (χ2v) is 6.59. The van der Waals surface area contributed by atoms with Gasteiger partial charge in [-0.15, -0.1) is 0 Å². The van der Waals surface area contributed by atoms with E-state index >= 15 is 0 Å². The topological polar surface area (TPSA) is 49.3 Å². The summed E-state index contributed by atoms with van der Waals surface area (Å²) in [4.78, 5) is 25.0. The molecule has 2 aliphatic heterocycles. The number of hydrogen-bond acceptors (Lipinski definition) is 4. The van der Waals surface area contributed by atoms with Gasteiger partial charge in [-0.3, -0.25) is 9.69 Å². The van der Waals surface area contributed by atoms with Crippen molar-refractivity contribution in [2.45, 2.75) is 51.2 Å². The lowest BCUT2D eigenvalue weighted by Gasteiger charge is -2.32. The molecule has 0 aromatic carbocycles. The van der Waals surface area contributed by atoms with E-state index in [4.69, 9.17) is 11.6 Å². The molecule has 0 unspecified atom stereocenters. The number of carbonyl (C=O) groups excluding carboxylic acids is 1. The first-order valence-corrected chi connectivity index (χ1v) is 7.98. The Kier molecular flexibility index (Phi) is 4.13. The molecule has 0 spiro atoms. The van der Waals surface area contributed by atoms with Crippen LogP contribution in [0.3, 0.4) is 0 Å². The average molecular weight is 309 g/mol. The lowest BCUT2D eigenvalue weighted by Crippen LogP contribution is -2.44. The van der Waals surface area contributed by atoms with Crippen LogP contribution < -0.4 is 0 Å². The quantitative estimate of drug-likeness (QED) is 0.840. The Morgan fingerprint density at radius 3 is 2.81 bits per heavy atom. The van der Waals surface area contributed by atoms with Crippen LogP contribution in [0.5, 0.6) is 0 Å². The van der Waals surface area contributed by atoms with E-state index in [1.54, 1.807) is 0 Å². The molecule has 114 valence electrons. The Labute approximate surface area is 130 Å². The third kappa shape index (κ3) is 2.77. The van der Waals surface area contributed by atoms with Crippen LogP contribution in [0.4, 0.5) is 0 Å². The third-order valence-corrected chi connectivity index (χ3v) is 4.87. The Hall–Kier alpha value is -1.20. The van der Waals surface area contributed by atoms with Gasteiger partial charge in [0.2, 0.25) is 0 Å². The number of nitrogens with zero attached hydrogens (tertiary/aromatic N) is 4. The van der Waals surface area contributed by atoms with Crippen LogP contribution in [0.2, 0.25) is 5.02 Å². The second-order valence-electron chi connectivity index (χ2n) is 6.19. The highest BCUT2D eigenvalue weighted by molar-refractivity contribution is 6.33. The van der Waals surface area contributed by atoms with Crippen molar-refractivity contribution in [2.75, 3.05) is 13.1 Å². The number of amides is 1. The Morgan fingerprint density at radius 1 is 1.33 bits per heavy atom. The summed E-state index contributed by atoms with van der Waals surface area (Å²) in [5.74, 6) is -0.0707. The molecule has 2 aliphatic rings. The van der Waals surface area contributed by atoms with E-state index in [2.05, 4.69) is 28.7 Å². The minimum absolute atomic E-state index is 0.0707. The third-order valence-electron chi connectivity index (χ3n) is 4.59. The van der Waals surface area contributed by atoms with Gasteiger partial charge < -0.3 is 4.90 Å². The zero-order valence-corrected chi connectivity index (χ0v) is 13.3. The number of halogens is 1. The number of aromatic nitrogens is 2. The van der Waals surface area contributed by atoms with Crippen molar-refractivity contribution in [3.63, 3.8) is 0 Å². The number of fused-ring (bicyclic) bond motifs is 2. The fourth-order valence-corrected chi connectivity index (χ4v) is 3.94. The molecule has 2 saturated heterocycles. The van der Waals surface area contributed by atoms with Gasteiger partial charge in [0.25, 0.3) is 5.91 Å². The van der Waals surface area contributed by atoms with E-state index in [1.807, 2.05) is 4.90 Å². The van der Waals surface area contributed by atoms with Crippen molar-refractivity contribution in [1.82, 2.24) is 19.8 Å².